The molecule has 0 aromatic heterocycles. The minimum absolute atomic E-state index is 0.0129. The highest BCUT2D eigenvalue weighted by molar-refractivity contribution is 5.97. The Morgan fingerprint density at radius 1 is 1.18 bits per heavy atom. The molecule has 0 atom stereocenters. The number of allylic oxidation sites excluding steroid dienone is 2. The Bertz CT molecular complexity index is 913. The molecule has 0 saturated carbocycles. The lowest BCUT2D eigenvalue weighted by molar-refractivity contribution is -0.117. The number of hydrogen-bond donors (Lipinski definition) is 2. The summed E-state index contributed by atoms with van der Waals surface area (Å²) in [6.07, 6.45) is 4.79. The van der Waals surface area contributed by atoms with Gasteiger partial charge in [0.15, 0.2) is 0 Å². The Morgan fingerprint density at radius 3 is 2.32 bits per heavy atom. The molecule has 2 aromatic carbocycles. The fraction of sp³-hybridized carbons (Fsp3) is 0.182. The van der Waals surface area contributed by atoms with Crippen LogP contribution in [0.15, 0.2) is 54.1 Å². The van der Waals surface area contributed by atoms with Gasteiger partial charge >= 0.3 is 0 Å². The first-order valence-electron chi connectivity index (χ1n) is 8.55. The van der Waals surface area contributed by atoms with Crippen LogP contribution in [0.3, 0.4) is 0 Å². The van der Waals surface area contributed by atoms with Crippen molar-refractivity contribution in [1.29, 1.82) is 5.26 Å². The van der Waals surface area contributed by atoms with E-state index in [9.17, 15) is 15.2 Å². The van der Waals surface area contributed by atoms with Gasteiger partial charge in [-0.2, -0.15) is 5.26 Å². The summed E-state index contributed by atoms with van der Waals surface area (Å²) in [5.41, 5.74) is 2.49. The van der Waals surface area contributed by atoms with Crippen molar-refractivity contribution in [2.24, 2.45) is 0 Å². The molecule has 2 rings (SSSR count). The normalized spacial score (nSPS) is 11.1. The number of carbonyl (C=O) groups excluding carboxylic acids is 1. The van der Waals surface area contributed by atoms with E-state index in [4.69, 9.17) is 9.47 Å². The summed E-state index contributed by atoms with van der Waals surface area (Å²) in [4.78, 5) is 12.3. The third-order valence-corrected chi connectivity index (χ3v) is 4.07. The second-order valence-electron chi connectivity index (χ2n) is 5.95. The highest BCUT2D eigenvalue weighted by atomic mass is 16.5. The number of hydrogen-bond acceptors (Lipinski definition) is 5. The van der Waals surface area contributed by atoms with Crippen LogP contribution < -0.4 is 14.8 Å². The van der Waals surface area contributed by atoms with Gasteiger partial charge in [0.1, 0.15) is 28.9 Å². The molecular weight excluding hydrogens is 356 g/mol. The van der Waals surface area contributed by atoms with Crippen LogP contribution in [0.25, 0.3) is 6.08 Å². The Hall–Kier alpha value is -3.72. The summed E-state index contributed by atoms with van der Waals surface area (Å²) in [6, 6.07) is 12.1. The maximum atomic E-state index is 12.3. The van der Waals surface area contributed by atoms with Gasteiger partial charge in [-0.25, -0.2) is 0 Å². The predicted molar refractivity (Wildman–Crippen MR) is 107 cm³/mol. The molecule has 0 heterocycles. The van der Waals surface area contributed by atoms with Crippen molar-refractivity contribution in [1.82, 2.24) is 5.32 Å². The number of benzene rings is 2. The Morgan fingerprint density at radius 2 is 1.79 bits per heavy atom. The Balaban J connectivity index is 2.06. The Labute approximate surface area is 164 Å². The molecule has 1 amide bonds. The van der Waals surface area contributed by atoms with E-state index in [1.54, 1.807) is 50.6 Å². The van der Waals surface area contributed by atoms with E-state index in [0.29, 0.717) is 11.5 Å². The molecule has 0 fully saturated rings. The molecule has 6 heteroatoms. The average Bonchev–Trinajstić information content (AvgIpc) is 2.71. The molecule has 0 aliphatic heterocycles. The summed E-state index contributed by atoms with van der Waals surface area (Å²) in [5, 5.41) is 21.2. The van der Waals surface area contributed by atoms with Crippen molar-refractivity contribution in [2.75, 3.05) is 14.2 Å². The van der Waals surface area contributed by atoms with E-state index in [2.05, 4.69) is 5.32 Å². The average molecular weight is 378 g/mol. The van der Waals surface area contributed by atoms with Crippen LogP contribution in [-0.2, 0) is 11.3 Å². The first-order valence-corrected chi connectivity index (χ1v) is 8.55. The zero-order valence-corrected chi connectivity index (χ0v) is 16.0. The lowest BCUT2D eigenvalue weighted by atomic mass is 10.1. The molecule has 6 nitrogen and oxygen atoms in total. The standard InChI is InChI=1S/C22H22N2O4/c1-15-20(27-2)11-17(12-21(15)28-3)14-24-22(26)18(13-23)6-4-5-16-7-9-19(25)10-8-16/h4-12,25H,14H2,1-3H3,(H,24,26)/b5-4+,18-6+. The van der Waals surface area contributed by atoms with Gasteiger partial charge in [-0.1, -0.05) is 24.3 Å². The first kappa shape index (κ1) is 20.6. The molecular formula is C22H22N2O4. The third-order valence-electron chi connectivity index (χ3n) is 4.07. The van der Waals surface area contributed by atoms with Crippen molar-refractivity contribution in [3.05, 3.63) is 70.8 Å². The molecule has 0 radical (unpaired) electrons. The predicted octanol–water partition coefficient (Wildman–Crippen LogP) is 3.50. The van der Waals surface area contributed by atoms with E-state index in [0.717, 1.165) is 16.7 Å². The second-order valence-corrected chi connectivity index (χ2v) is 5.95. The Kier molecular flexibility index (Phi) is 7.23. The van der Waals surface area contributed by atoms with Crippen LogP contribution in [0.5, 0.6) is 17.2 Å². The number of aromatic hydroxyl groups is 1. The highest BCUT2D eigenvalue weighted by Gasteiger charge is 2.11. The lowest BCUT2D eigenvalue weighted by Crippen LogP contribution is -2.24. The second kappa shape index (κ2) is 9.83. The molecule has 0 saturated heterocycles. The summed E-state index contributed by atoms with van der Waals surface area (Å²) < 4.78 is 10.6. The van der Waals surface area contributed by atoms with Gasteiger partial charge < -0.3 is 19.9 Å². The molecule has 2 N–H and O–H groups in total. The quantitative estimate of drug-likeness (QED) is 0.437. The first-order chi connectivity index (χ1) is 13.5. The third kappa shape index (κ3) is 5.39. The number of methoxy groups -OCH3 is 2. The van der Waals surface area contributed by atoms with Crippen LogP contribution in [-0.4, -0.2) is 25.2 Å². The van der Waals surface area contributed by atoms with E-state index >= 15 is 0 Å². The molecule has 0 spiro atoms. The number of nitrogens with zero attached hydrogens (tertiary/aromatic N) is 1. The molecule has 0 aliphatic carbocycles. The van der Waals surface area contributed by atoms with E-state index < -0.39 is 5.91 Å². The molecule has 0 unspecified atom stereocenters. The number of phenols is 1. The van der Waals surface area contributed by atoms with Crippen LogP contribution in [0.2, 0.25) is 0 Å². The summed E-state index contributed by atoms with van der Waals surface area (Å²) >= 11 is 0. The van der Waals surface area contributed by atoms with Gasteiger partial charge in [0.25, 0.3) is 5.91 Å². The van der Waals surface area contributed by atoms with Gasteiger partial charge in [-0.3, -0.25) is 4.79 Å². The van der Waals surface area contributed by atoms with Crippen molar-refractivity contribution >= 4 is 12.0 Å². The fourth-order valence-corrected chi connectivity index (χ4v) is 2.52. The number of nitrogens with one attached hydrogen (secondary N) is 1. The van der Waals surface area contributed by atoms with Crippen LogP contribution in [0.1, 0.15) is 16.7 Å². The minimum atomic E-state index is -0.476. The number of phenolic OH excluding ortho intramolecular Hbond substituents is 1. The smallest absolute Gasteiger partial charge is 0.262 e. The molecule has 2 aromatic rings. The topological polar surface area (TPSA) is 91.6 Å². The number of ether oxygens (including phenoxy) is 2. The summed E-state index contributed by atoms with van der Waals surface area (Å²) in [6.45, 7) is 2.11. The van der Waals surface area contributed by atoms with Gasteiger partial charge in [0, 0.05) is 12.1 Å². The monoisotopic (exact) mass is 378 g/mol. The van der Waals surface area contributed by atoms with E-state index in [1.165, 1.54) is 6.08 Å². The molecule has 144 valence electrons. The zero-order chi connectivity index (χ0) is 20.5. The number of nitriles is 1. The molecule has 0 aliphatic rings. The number of amides is 1. The van der Waals surface area contributed by atoms with Crippen molar-refractivity contribution in [3.8, 4) is 23.3 Å². The van der Waals surface area contributed by atoms with Gasteiger partial charge in [0.2, 0.25) is 0 Å². The largest absolute Gasteiger partial charge is 0.508 e. The van der Waals surface area contributed by atoms with E-state index in [1.807, 2.05) is 25.1 Å². The maximum absolute atomic E-state index is 12.3. The number of rotatable bonds is 7. The van der Waals surface area contributed by atoms with Crippen LogP contribution >= 0.6 is 0 Å². The van der Waals surface area contributed by atoms with Crippen LogP contribution in [0, 0.1) is 18.3 Å². The summed E-state index contributed by atoms with van der Waals surface area (Å²) in [5.74, 6) is 1.03. The lowest BCUT2D eigenvalue weighted by Gasteiger charge is -2.13. The van der Waals surface area contributed by atoms with E-state index in [-0.39, 0.29) is 17.9 Å². The van der Waals surface area contributed by atoms with Gasteiger partial charge in [-0.05, 0) is 48.4 Å². The van der Waals surface area contributed by atoms with Crippen molar-refractivity contribution in [2.45, 2.75) is 13.5 Å². The minimum Gasteiger partial charge on any atom is -0.508 e. The number of carbonyl (C=O) groups is 1. The fourth-order valence-electron chi connectivity index (χ4n) is 2.52. The highest BCUT2D eigenvalue weighted by Crippen LogP contribution is 2.29. The molecule has 0 bridgehead atoms. The maximum Gasteiger partial charge on any atom is 0.262 e. The van der Waals surface area contributed by atoms with Crippen LogP contribution in [0.4, 0.5) is 0 Å². The van der Waals surface area contributed by atoms with Gasteiger partial charge in [0.05, 0.1) is 14.2 Å². The van der Waals surface area contributed by atoms with Crippen molar-refractivity contribution in [3.63, 3.8) is 0 Å². The molecule has 28 heavy (non-hydrogen) atoms. The summed E-state index contributed by atoms with van der Waals surface area (Å²) in [7, 11) is 3.14. The zero-order valence-electron chi connectivity index (χ0n) is 16.0. The van der Waals surface area contributed by atoms with Gasteiger partial charge in [-0.15, -0.1) is 0 Å². The van der Waals surface area contributed by atoms with Crippen molar-refractivity contribution < 1.29 is 19.4 Å². The SMILES string of the molecule is COc1cc(CNC(=O)/C(C#N)=C/C=C/c2ccc(O)cc2)cc(OC)c1C.